The highest BCUT2D eigenvalue weighted by Crippen LogP contribution is 2.17. The first-order chi connectivity index (χ1) is 9.07. The van der Waals surface area contributed by atoms with E-state index in [0.717, 1.165) is 5.56 Å². The Hall–Kier alpha value is -1.36. The summed E-state index contributed by atoms with van der Waals surface area (Å²) in [4.78, 5) is 11.6. The zero-order chi connectivity index (χ0) is 13.7. The average Bonchev–Trinajstić information content (AvgIpc) is 2.82. The van der Waals surface area contributed by atoms with Gasteiger partial charge in [0.15, 0.2) is 0 Å². The molecule has 1 fully saturated rings. The van der Waals surface area contributed by atoms with E-state index in [-0.39, 0.29) is 19.1 Å². The third kappa shape index (κ3) is 4.35. The number of hydrogen-bond donors (Lipinski definition) is 2. The fourth-order valence-electron chi connectivity index (χ4n) is 1.83. The molecule has 102 valence electrons. The third-order valence-corrected chi connectivity index (χ3v) is 3.19. The number of carbonyl (C=O) groups excluding carboxylic acids is 1. The molecule has 4 nitrogen and oxygen atoms in total. The van der Waals surface area contributed by atoms with Crippen molar-refractivity contribution in [2.45, 2.75) is 12.0 Å². The van der Waals surface area contributed by atoms with Gasteiger partial charge < -0.3 is 15.2 Å². The van der Waals surface area contributed by atoms with Crippen LogP contribution in [0.2, 0.25) is 5.02 Å². The number of hydrogen-bond acceptors (Lipinski definition) is 3. The molecule has 2 rings (SSSR count). The van der Waals surface area contributed by atoms with Crippen molar-refractivity contribution >= 4 is 23.6 Å². The molecule has 0 spiro atoms. The van der Waals surface area contributed by atoms with Gasteiger partial charge in [-0.1, -0.05) is 23.7 Å². The first kappa shape index (κ1) is 14.1. The molecule has 2 N–H and O–H groups in total. The number of amides is 1. The number of ether oxygens (including phenoxy) is 1. The predicted octanol–water partition coefficient (Wildman–Crippen LogP) is 1.62. The highest BCUT2D eigenvalue weighted by atomic mass is 35.5. The lowest BCUT2D eigenvalue weighted by Gasteiger charge is -2.19. The first-order valence-corrected chi connectivity index (χ1v) is 6.47. The van der Waals surface area contributed by atoms with Crippen molar-refractivity contribution in [1.29, 1.82) is 0 Å². The van der Waals surface area contributed by atoms with Crippen LogP contribution in [0.3, 0.4) is 0 Å². The Balaban J connectivity index is 1.84. The van der Waals surface area contributed by atoms with Crippen molar-refractivity contribution in [3.8, 4) is 0 Å². The van der Waals surface area contributed by atoms with E-state index in [1.54, 1.807) is 18.2 Å². The fraction of sp³-hybridized carbons (Fsp3) is 0.357. The van der Waals surface area contributed by atoms with E-state index >= 15 is 0 Å². The molecule has 0 aliphatic carbocycles. The Morgan fingerprint density at radius 3 is 3.11 bits per heavy atom. The topological polar surface area (TPSA) is 58.6 Å². The number of nitrogens with one attached hydrogen (secondary N) is 1. The van der Waals surface area contributed by atoms with Crippen molar-refractivity contribution in [2.75, 3.05) is 19.8 Å². The molecule has 1 saturated heterocycles. The smallest absolute Gasteiger partial charge is 0.244 e. The van der Waals surface area contributed by atoms with Gasteiger partial charge in [0.1, 0.15) is 5.60 Å². The lowest BCUT2D eigenvalue weighted by molar-refractivity contribution is -0.117. The summed E-state index contributed by atoms with van der Waals surface area (Å²) in [6.07, 6.45) is 3.65. The minimum Gasteiger partial charge on any atom is -0.386 e. The summed E-state index contributed by atoms with van der Waals surface area (Å²) < 4.78 is 5.10. The second kappa shape index (κ2) is 6.19. The van der Waals surface area contributed by atoms with E-state index in [1.807, 2.05) is 12.1 Å². The van der Waals surface area contributed by atoms with Gasteiger partial charge in [0, 0.05) is 30.7 Å². The fourth-order valence-corrected chi connectivity index (χ4v) is 2.03. The van der Waals surface area contributed by atoms with Crippen LogP contribution in [-0.4, -0.2) is 36.4 Å². The van der Waals surface area contributed by atoms with E-state index in [9.17, 15) is 9.90 Å². The van der Waals surface area contributed by atoms with E-state index in [0.29, 0.717) is 18.1 Å². The molecule has 1 heterocycles. The van der Waals surface area contributed by atoms with Crippen molar-refractivity contribution in [2.24, 2.45) is 0 Å². The highest BCUT2D eigenvalue weighted by molar-refractivity contribution is 6.30. The third-order valence-electron chi connectivity index (χ3n) is 2.95. The second-order valence-corrected chi connectivity index (χ2v) is 5.07. The maximum absolute atomic E-state index is 11.6. The lowest BCUT2D eigenvalue weighted by Crippen LogP contribution is -2.42. The molecule has 1 unspecified atom stereocenters. The first-order valence-electron chi connectivity index (χ1n) is 6.09. The molecule has 5 heteroatoms. The van der Waals surface area contributed by atoms with Gasteiger partial charge in [0.25, 0.3) is 0 Å². The Kier molecular flexibility index (Phi) is 4.58. The summed E-state index contributed by atoms with van der Waals surface area (Å²) in [5.74, 6) is -0.250. The van der Waals surface area contributed by atoms with Crippen molar-refractivity contribution in [3.63, 3.8) is 0 Å². The van der Waals surface area contributed by atoms with Crippen LogP contribution in [0, 0.1) is 0 Å². The largest absolute Gasteiger partial charge is 0.386 e. The van der Waals surface area contributed by atoms with Crippen LogP contribution >= 0.6 is 11.6 Å². The van der Waals surface area contributed by atoms with E-state index in [1.165, 1.54) is 6.08 Å². The minimum absolute atomic E-state index is 0.200. The Bertz CT molecular complexity index is 481. The predicted molar refractivity (Wildman–Crippen MR) is 73.9 cm³/mol. The molecule has 1 aromatic rings. The summed E-state index contributed by atoms with van der Waals surface area (Å²) >= 11 is 5.84. The molecule has 0 radical (unpaired) electrons. The van der Waals surface area contributed by atoms with E-state index in [2.05, 4.69) is 5.32 Å². The summed E-state index contributed by atoms with van der Waals surface area (Å²) in [7, 11) is 0. The molecule has 0 saturated carbocycles. The van der Waals surface area contributed by atoms with Gasteiger partial charge in [0.05, 0.1) is 6.61 Å². The van der Waals surface area contributed by atoms with Gasteiger partial charge in [0.2, 0.25) is 5.91 Å². The number of carbonyl (C=O) groups is 1. The quantitative estimate of drug-likeness (QED) is 0.825. The summed E-state index contributed by atoms with van der Waals surface area (Å²) in [5.41, 5.74) is -0.0786. The molecule has 1 aromatic carbocycles. The van der Waals surface area contributed by atoms with Crippen LogP contribution < -0.4 is 5.32 Å². The van der Waals surface area contributed by atoms with Gasteiger partial charge in [-0.05, 0) is 23.8 Å². The Morgan fingerprint density at radius 1 is 1.58 bits per heavy atom. The van der Waals surface area contributed by atoms with E-state index in [4.69, 9.17) is 16.3 Å². The number of benzene rings is 1. The SMILES string of the molecule is O=C(/C=C/c1cccc(Cl)c1)NCC1(O)CCOC1. The maximum Gasteiger partial charge on any atom is 0.244 e. The lowest BCUT2D eigenvalue weighted by atomic mass is 10.0. The molecule has 1 atom stereocenters. The normalized spacial score (nSPS) is 22.8. The average molecular weight is 282 g/mol. The van der Waals surface area contributed by atoms with Crippen LogP contribution in [0.5, 0.6) is 0 Å². The molecule has 1 aliphatic rings. The molecular weight excluding hydrogens is 266 g/mol. The monoisotopic (exact) mass is 281 g/mol. The van der Waals surface area contributed by atoms with Gasteiger partial charge >= 0.3 is 0 Å². The van der Waals surface area contributed by atoms with Gasteiger partial charge in [-0.15, -0.1) is 0 Å². The molecule has 19 heavy (non-hydrogen) atoms. The van der Waals surface area contributed by atoms with Crippen LogP contribution in [0.1, 0.15) is 12.0 Å². The second-order valence-electron chi connectivity index (χ2n) is 4.63. The van der Waals surface area contributed by atoms with Gasteiger partial charge in [-0.2, -0.15) is 0 Å². The number of rotatable bonds is 4. The van der Waals surface area contributed by atoms with Crippen molar-refractivity contribution in [3.05, 3.63) is 40.9 Å². The highest BCUT2D eigenvalue weighted by Gasteiger charge is 2.32. The van der Waals surface area contributed by atoms with Crippen molar-refractivity contribution < 1.29 is 14.6 Å². The maximum atomic E-state index is 11.6. The van der Waals surface area contributed by atoms with Crippen LogP contribution in [0.25, 0.3) is 6.08 Å². The summed E-state index contributed by atoms with van der Waals surface area (Å²) in [6.45, 7) is 1.00. The number of halogens is 1. The minimum atomic E-state index is -0.931. The summed E-state index contributed by atoms with van der Waals surface area (Å²) in [5, 5.41) is 13.3. The molecule has 1 amide bonds. The molecular formula is C14H16ClNO3. The van der Waals surface area contributed by atoms with Crippen molar-refractivity contribution in [1.82, 2.24) is 5.32 Å². The van der Waals surface area contributed by atoms with Gasteiger partial charge in [-0.3, -0.25) is 4.79 Å². The standard InChI is InChI=1S/C14H16ClNO3/c15-12-3-1-2-11(8-12)4-5-13(17)16-9-14(18)6-7-19-10-14/h1-5,8,18H,6-7,9-10H2,(H,16,17)/b5-4+. The van der Waals surface area contributed by atoms with Crippen LogP contribution in [0.4, 0.5) is 0 Å². The van der Waals surface area contributed by atoms with E-state index < -0.39 is 5.60 Å². The van der Waals surface area contributed by atoms with Crippen LogP contribution in [-0.2, 0) is 9.53 Å². The molecule has 1 aliphatic heterocycles. The Labute approximate surface area is 117 Å². The Morgan fingerprint density at radius 2 is 2.42 bits per heavy atom. The zero-order valence-corrected chi connectivity index (χ0v) is 11.2. The molecule has 0 bridgehead atoms. The summed E-state index contributed by atoms with van der Waals surface area (Å²) in [6, 6.07) is 7.21. The van der Waals surface area contributed by atoms with Crippen LogP contribution in [0.15, 0.2) is 30.3 Å². The zero-order valence-electron chi connectivity index (χ0n) is 10.4. The van der Waals surface area contributed by atoms with Gasteiger partial charge in [-0.25, -0.2) is 0 Å². The molecule has 0 aromatic heterocycles. The number of aliphatic hydroxyl groups is 1.